The monoisotopic (exact) mass is 317 g/mol. The molecule has 0 unspecified atom stereocenters. The fraction of sp³-hybridized carbons (Fsp3) is 0.389. The van der Waals surface area contributed by atoms with Crippen molar-refractivity contribution >= 4 is 17.2 Å². The highest BCUT2D eigenvalue weighted by Crippen LogP contribution is 2.14. The second-order valence-electron chi connectivity index (χ2n) is 5.26. The Morgan fingerprint density at radius 3 is 2.82 bits per heavy atom. The van der Waals surface area contributed by atoms with Crippen LogP contribution >= 0.6 is 11.3 Å². The van der Waals surface area contributed by atoms with Gasteiger partial charge in [0.2, 0.25) is 5.91 Å². The zero-order valence-corrected chi connectivity index (χ0v) is 14.1. The van der Waals surface area contributed by atoms with Crippen LogP contribution < -0.4 is 4.74 Å². The highest BCUT2D eigenvalue weighted by molar-refractivity contribution is 7.09. The molecule has 0 fully saturated rings. The molecule has 0 saturated heterocycles. The summed E-state index contributed by atoms with van der Waals surface area (Å²) in [6.45, 7) is 6.10. The summed E-state index contributed by atoms with van der Waals surface area (Å²) in [6, 6.07) is 12.1. The maximum absolute atomic E-state index is 12.2. The summed E-state index contributed by atoms with van der Waals surface area (Å²) in [5, 5.41) is 2.04. The summed E-state index contributed by atoms with van der Waals surface area (Å²) in [5.41, 5.74) is 1.18. The number of nitrogens with zero attached hydrogens (tertiary/aromatic N) is 1. The van der Waals surface area contributed by atoms with Gasteiger partial charge in [-0.05, 0) is 49.4 Å². The summed E-state index contributed by atoms with van der Waals surface area (Å²) in [4.78, 5) is 15.4. The Labute approximate surface area is 136 Å². The van der Waals surface area contributed by atoms with Crippen molar-refractivity contribution in [3.63, 3.8) is 0 Å². The first-order chi connectivity index (χ1) is 10.7. The summed E-state index contributed by atoms with van der Waals surface area (Å²) in [7, 11) is 0. The molecule has 0 spiro atoms. The quantitative estimate of drug-likeness (QED) is 0.681. The van der Waals surface area contributed by atoms with Gasteiger partial charge in [0.05, 0.1) is 13.2 Å². The average Bonchev–Trinajstić information content (AvgIpc) is 3.02. The smallest absolute Gasteiger partial charge is 0.223 e. The molecule has 3 nitrogen and oxygen atoms in total. The summed E-state index contributed by atoms with van der Waals surface area (Å²) < 4.78 is 5.69. The van der Waals surface area contributed by atoms with Gasteiger partial charge in [-0.1, -0.05) is 18.2 Å². The van der Waals surface area contributed by atoms with Crippen LogP contribution in [0.1, 0.15) is 30.2 Å². The Morgan fingerprint density at radius 2 is 2.14 bits per heavy atom. The van der Waals surface area contributed by atoms with E-state index >= 15 is 0 Å². The molecule has 1 heterocycles. The number of carbonyl (C=O) groups is 1. The molecule has 0 saturated carbocycles. The molecule has 2 rings (SSSR count). The molecule has 0 aliphatic heterocycles. The minimum atomic E-state index is 0.198. The Bertz CT molecular complexity index is 581. The third-order valence-electron chi connectivity index (χ3n) is 3.45. The Kier molecular flexibility index (Phi) is 6.46. The van der Waals surface area contributed by atoms with Gasteiger partial charge in [-0.3, -0.25) is 4.79 Å². The van der Waals surface area contributed by atoms with E-state index in [1.807, 2.05) is 54.5 Å². The lowest BCUT2D eigenvalue weighted by Crippen LogP contribution is -2.30. The van der Waals surface area contributed by atoms with E-state index in [4.69, 9.17) is 4.74 Å². The molecule has 0 radical (unpaired) electrons. The number of benzene rings is 1. The van der Waals surface area contributed by atoms with Crippen LogP contribution in [-0.2, 0) is 11.3 Å². The van der Waals surface area contributed by atoms with Crippen molar-refractivity contribution in [2.75, 3.05) is 13.2 Å². The Balaban J connectivity index is 1.72. The Hall–Kier alpha value is -1.81. The van der Waals surface area contributed by atoms with Crippen molar-refractivity contribution < 1.29 is 9.53 Å². The number of thiophene rings is 1. The van der Waals surface area contributed by atoms with Crippen molar-refractivity contribution in [3.05, 3.63) is 52.2 Å². The molecule has 2 aromatic rings. The summed E-state index contributed by atoms with van der Waals surface area (Å²) in [6.07, 6.45) is 1.28. The fourth-order valence-electron chi connectivity index (χ4n) is 2.24. The topological polar surface area (TPSA) is 29.5 Å². The number of aryl methyl sites for hydroxylation is 1. The zero-order chi connectivity index (χ0) is 15.8. The molecule has 0 N–H and O–H groups in total. The van der Waals surface area contributed by atoms with E-state index in [2.05, 4.69) is 6.07 Å². The molecule has 22 heavy (non-hydrogen) atoms. The van der Waals surface area contributed by atoms with E-state index in [0.29, 0.717) is 19.6 Å². The van der Waals surface area contributed by atoms with Gasteiger partial charge in [0.15, 0.2) is 0 Å². The lowest BCUT2D eigenvalue weighted by molar-refractivity contribution is -0.131. The molecular formula is C18H23NO2S. The second kappa shape index (κ2) is 8.59. The number of rotatable bonds is 8. The molecule has 1 aromatic heterocycles. The molecular weight excluding hydrogens is 294 g/mol. The fourth-order valence-corrected chi connectivity index (χ4v) is 2.96. The van der Waals surface area contributed by atoms with E-state index in [1.54, 1.807) is 11.3 Å². The minimum Gasteiger partial charge on any atom is -0.494 e. The molecule has 1 aromatic carbocycles. The van der Waals surface area contributed by atoms with Crippen LogP contribution in [0.3, 0.4) is 0 Å². The van der Waals surface area contributed by atoms with Crippen molar-refractivity contribution in [3.8, 4) is 5.75 Å². The predicted octanol–water partition coefficient (Wildman–Crippen LogP) is 4.26. The molecule has 0 aliphatic rings. The van der Waals surface area contributed by atoms with E-state index < -0.39 is 0 Å². The highest BCUT2D eigenvalue weighted by Gasteiger charge is 2.12. The van der Waals surface area contributed by atoms with Crippen molar-refractivity contribution in [1.29, 1.82) is 0 Å². The number of ether oxygens (including phenoxy) is 1. The second-order valence-corrected chi connectivity index (χ2v) is 6.29. The number of hydrogen-bond acceptors (Lipinski definition) is 3. The third kappa shape index (κ3) is 5.19. The molecule has 1 amide bonds. The molecule has 0 bridgehead atoms. The van der Waals surface area contributed by atoms with E-state index in [9.17, 15) is 4.79 Å². The van der Waals surface area contributed by atoms with Gasteiger partial charge in [-0.25, -0.2) is 0 Å². The zero-order valence-electron chi connectivity index (χ0n) is 13.2. The molecule has 0 atom stereocenters. The number of carbonyl (C=O) groups excluding carboxylic acids is 1. The highest BCUT2D eigenvalue weighted by atomic mass is 32.1. The van der Waals surface area contributed by atoms with Crippen LogP contribution in [0.15, 0.2) is 41.8 Å². The van der Waals surface area contributed by atoms with Crippen LogP contribution in [0, 0.1) is 6.92 Å². The van der Waals surface area contributed by atoms with Crippen LogP contribution in [0.2, 0.25) is 0 Å². The largest absolute Gasteiger partial charge is 0.494 e. The first-order valence-corrected chi connectivity index (χ1v) is 8.56. The van der Waals surface area contributed by atoms with Crippen molar-refractivity contribution in [2.45, 2.75) is 33.2 Å². The van der Waals surface area contributed by atoms with Gasteiger partial charge in [-0.15, -0.1) is 11.3 Å². The lowest BCUT2D eigenvalue weighted by atomic mass is 10.2. The SMILES string of the molecule is CCN(Cc1cccs1)C(=O)CCCOc1cccc(C)c1. The first-order valence-electron chi connectivity index (χ1n) is 7.68. The van der Waals surface area contributed by atoms with Gasteiger partial charge >= 0.3 is 0 Å². The van der Waals surface area contributed by atoms with E-state index in [-0.39, 0.29) is 5.91 Å². The Morgan fingerprint density at radius 1 is 1.27 bits per heavy atom. The number of hydrogen-bond donors (Lipinski definition) is 0. The van der Waals surface area contributed by atoms with E-state index in [1.165, 1.54) is 10.4 Å². The maximum atomic E-state index is 12.2. The summed E-state index contributed by atoms with van der Waals surface area (Å²) >= 11 is 1.69. The van der Waals surface area contributed by atoms with E-state index in [0.717, 1.165) is 18.7 Å². The van der Waals surface area contributed by atoms with Crippen LogP contribution in [-0.4, -0.2) is 24.0 Å². The first kappa shape index (κ1) is 16.6. The average molecular weight is 317 g/mol. The maximum Gasteiger partial charge on any atom is 0.223 e. The molecule has 118 valence electrons. The van der Waals surface area contributed by atoms with Gasteiger partial charge in [0.25, 0.3) is 0 Å². The van der Waals surface area contributed by atoms with Crippen molar-refractivity contribution in [1.82, 2.24) is 4.90 Å². The van der Waals surface area contributed by atoms with Crippen LogP contribution in [0.4, 0.5) is 0 Å². The predicted molar refractivity (Wildman–Crippen MR) is 91.3 cm³/mol. The standard InChI is InChI=1S/C18H23NO2S/c1-3-19(14-17-9-6-12-22-17)18(20)10-5-11-21-16-8-4-7-15(2)13-16/h4,6-9,12-13H,3,5,10-11,14H2,1-2H3. The van der Waals surface area contributed by atoms with Crippen molar-refractivity contribution in [2.24, 2.45) is 0 Å². The summed E-state index contributed by atoms with van der Waals surface area (Å²) in [5.74, 6) is 1.07. The third-order valence-corrected chi connectivity index (χ3v) is 4.32. The minimum absolute atomic E-state index is 0.198. The number of amides is 1. The van der Waals surface area contributed by atoms with Gasteiger partial charge in [0, 0.05) is 17.8 Å². The molecule has 4 heteroatoms. The lowest BCUT2D eigenvalue weighted by Gasteiger charge is -2.20. The van der Waals surface area contributed by atoms with Crippen LogP contribution in [0.25, 0.3) is 0 Å². The van der Waals surface area contributed by atoms with Gasteiger partial charge in [-0.2, -0.15) is 0 Å². The van der Waals surface area contributed by atoms with Crippen LogP contribution in [0.5, 0.6) is 5.75 Å². The van der Waals surface area contributed by atoms with Gasteiger partial charge in [0.1, 0.15) is 5.75 Å². The van der Waals surface area contributed by atoms with Gasteiger partial charge < -0.3 is 9.64 Å². The molecule has 0 aliphatic carbocycles. The normalized spacial score (nSPS) is 10.5.